The fourth-order valence-electron chi connectivity index (χ4n) is 2.85. The molecule has 1 saturated heterocycles. The molecular formula is C18H23N3O3S. The first-order valence-electron chi connectivity index (χ1n) is 8.40. The topological polar surface area (TPSA) is 77.7 Å². The second-order valence-electron chi connectivity index (χ2n) is 6.12. The number of ether oxygens (including phenoxy) is 2. The van der Waals surface area contributed by atoms with E-state index in [-0.39, 0.29) is 12.0 Å². The van der Waals surface area contributed by atoms with E-state index in [2.05, 4.69) is 11.9 Å². The number of aryl methyl sites for hydroxylation is 1. The lowest BCUT2D eigenvalue weighted by atomic mass is 10.1. The van der Waals surface area contributed by atoms with Crippen LogP contribution in [0.5, 0.6) is 11.5 Å². The molecule has 1 fully saturated rings. The minimum Gasteiger partial charge on any atom is -0.496 e. The van der Waals surface area contributed by atoms with Gasteiger partial charge in [-0.2, -0.15) is 0 Å². The van der Waals surface area contributed by atoms with Crippen molar-refractivity contribution in [1.29, 1.82) is 0 Å². The number of carbonyl (C=O) groups is 1. The van der Waals surface area contributed by atoms with Crippen molar-refractivity contribution in [2.75, 3.05) is 25.9 Å². The first kappa shape index (κ1) is 17.5. The lowest BCUT2D eigenvalue weighted by Gasteiger charge is -2.39. The molecule has 0 unspecified atom stereocenters. The summed E-state index contributed by atoms with van der Waals surface area (Å²) in [5, 5.41) is 2.32. The van der Waals surface area contributed by atoms with E-state index >= 15 is 0 Å². The third-order valence-corrected chi connectivity index (χ3v) is 4.91. The summed E-state index contributed by atoms with van der Waals surface area (Å²) in [4.78, 5) is 18.1. The molecule has 3 rings (SSSR count). The smallest absolute Gasteiger partial charge is 0.228 e. The summed E-state index contributed by atoms with van der Waals surface area (Å²) in [5.41, 5.74) is 7.51. The number of carbonyl (C=O) groups excluding carboxylic acids is 1. The van der Waals surface area contributed by atoms with Crippen LogP contribution in [0.15, 0.2) is 23.6 Å². The largest absolute Gasteiger partial charge is 0.496 e. The van der Waals surface area contributed by atoms with Crippen LogP contribution in [0.4, 0.5) is 5.13 Å². The quantitative estimate of drug-likeness (QED) is 0.820. The number of nitrogens with two attached hydrogens (primary N) is 1. The number of likely N-dealkylation sites (tertiary alicyclic amines) is 1. The van der Waals surface area contributed by atoms with Crippen LogP contribution in [0.2, 0.25) is 0 Å². The molecule has 2 heterocycles. The van der Waals surface area contributed by atoms with Gasteiger partial charge in [0.15, 0.2) is 5.13 Å². The zero-order valence-corrected chi connectivity index (χ0v) is 15.3. The van der Waals surface area contributed by atoms with E-state index < -0.39 is 0 Å². The maximum atomic E-state index is 12.2. The van der Waals surface area contributed by atoms with Gasteiger partial charge in [0, 0.05) is 11.4 Å². The molecule has 0 radical (unpaired) electrons. The van der Waals surface area contributed by atoms with Crippen molar-refractivity contribution in [2.24, 2.45) is 0 Å². The van der Waals surface area contributed by atoms with Crippen molar-refractivity contribution < 1.29 is 14.3 Å². The Morgan fingerprint density at radius 2 is 2.24 bits per heavy atom. The fraction of sp³-hybridized carbons (Fsp3) is 0.444. The molecule has 25 heavy (non-hydrogen) atoms. The summed E-state index contributed by atoms with van der Waals surface area (Å²) in [6.07, 6.45) is 2.36. The van der Waals surface area contributed by atoms with Crippen molar-refractivity contribution in [1.82, 2.24) is 9.88 Å². The Bertz CT molecular complexity index is 741. The van der Waals surface area contributed by atoms with Gasteiger partial charge < -0.3 is 20.1 Å². The molecule has 0 spiro atoms. The molecule has 1 aromatic carbocycles. The highest BCUT2D eigenvalue weighted by Crippen LogP contribution is 2.28. The molecule has 1 aliphatic rings. The predicted octanol–water partition coefficient (Wildman–Crippen LogP) is 2.52. The van der Waals surface area contributed by atoms with Crippen molar-refractivity contribution >= 4 is 22.4 Å². The van der Waals surface area contributed by atoms with E-state index in [0.29, 0.717) is 24.6 Å². The zero-order valence-electron chi connectivity index (χ0n) is 14.5. The molecule has 1 amide bonds. The molecule has 0 aliphatic carbocycles. The van der Waals surface area contributed by atoms with Crippen molar-refractivity contribution in [3.05, 3.63) is 34.8 Å². The van der Waals surface area contributed by atoms with Gasteiger partial charge in [-0.15, -0.1) is 11.3 Å². The Balaban J connectivity index is 1.50. The predicted molar refractivity (Wildman–Crippen MR) is 98.2 cm³/mol. The summed E-state index contributed by atoms with van der Waals surface area (Å²) in [6, 6.07) is 5.94. The third-order valence-electron chi connectivity index (χ3n) is 4.18. The van der Waals surface area contributed by atoms with Crippen LogP contribution >= 0.6 is 11.3 Å². The number of amides is 1. The Morgan fingerprint density at radius 3 is 2.88 bits per heavy atom. The van der Waals surface area contributed by atoms with Gasteiger partial charge in [-0.3, -0.25) is 4.79 Å². The second kappa shape index (κ2) is 7.74. The number of thiazole rings is 1. The van der Waals surface area contributed by atoms with E-state index in [4.69, 9.17) is 15.2 Å². The van der Waals surface area contributed by atoms with Crippen molar-refractivity contribution in [3.63, 3.8) is 0 Å². The van der Waals surface area contributed by atoms with Gasteiger partial charge in [-0.25, -0.2) is 4.98 Å². The molecule has 6 nitrogen and oxygen atoms in total. The first-order valence-corrected chi connectivity index (χ1v) is 9.28. The molecule has 0 bridgehead atoms. The van der Waals surface area contributed by atoms with Gasteiger partial charge in [-0.05, 0) is 18.1 Å². The molecule has 134 valence electrons. The van der Waals surface area contributed by atoms with Crippen LogP contribution in [0.3, 0.4) is 0 Å². The van der Waals surface area contributed by atoms with Crippen LogP contribution in [0.1, 0.15) is 24.6 Å². The number of methoxy groups -OCH3 is 1. The number of hydrogen-bond donors (Lipinski definition) is 1. The lowest BCUT2D eigenvalue weighted by molar-refractivity contribution is -0.139. The molecule has 1 aromatic heterocycles. The van der Waals surface area contributed by atoms with Crippen LogP contribution in [-0.4, -0.2) is 42.1 Å². The second-order valence-corrected chi connectivity index (χ2v) is 7.01. The standard InChI is InChI=1S/C18H23N3O3S/c1-3-4-12-5-6-14(8-16(12)23-2)24-15-9-21(10-15)17(22)7-13-11-25-18(19)20-13/h5-6,8,11,15H,3-4,7,9-10H2,1-2H3,(H2,19,20). The maximum absolute atomic E-state index is 12.2. The van der Waals surface area contributed by atoms with Gasteiger partial charge in [0.05, 0.1) is 32.3 Å². The number of aromatic nitrogens is 1. The number of nitrogens with zero attached hydrogens (tertiary/aromatic N) is 2. The number of benzene rings is 1. The van der Waals surface area contributed by atoms with Gasteiger partial charge in [-0.1, -0.05) is 19.4 Å². The minimum absolute atomic E-state index is 0.0196. The zero-order chi connectivity index (χ0) is 17.8. The molecule has 0 atom stereocenters. The fourth-order valence-corrected chi connectivity index (χ4v) is 3.42. The highest BCUT2D eigenvalue weighted by Gasteiger charge is 2.32. The lowest BCUT2D eigenvalue weighted by Crippen LogP contribution is -2.56. The molecule has 2 N–H and O–H groups in total. The number of nitrogen functional groups attached to an aromatic ring is 1. The van der Waals surface area contributed by atoms with Gasteiger partial charge in [0.2, 0.25) is 5.91 Å². The highest BCUT2D eigenvalue weighted by molar-refractivity contribution is 7.13. The Labute approximate surface area is 151 Å². The number of rotatable bonds is 7. The molecule has 2 aromatic rings. The van der Waals surface area contributed by atoms with Crippen molar-refractivity contribution in [2.45, 2.75) is 32.3 Å². The number of anilines is 1. The van der Waals surface area contributed by atoms with E-state index in [9.17, 15) is 4.79 Å². The van der Waals surface area contributed by atoms with E-state index in [1.165, 1.54) is 16.9 Å². The monoisotopic (exact) mass is 361 g/mol. The minimum atomic E-state index is 0.0196. The third kappa shape index (κ3) is 4.22. The molecular weight excluding hydrogens is 338 g/mol. The first-order chi connectivity index (χ1) is 12.1. The maximum Gasteiger partial charge on any atom is 0.228 e. The average Bonchev–Trinajstić information content (AvgIpc) is 2.96. The highest BCUT2D eigenvalue weighted by atomic mass is 32.1. The summed E-state index contributed by atoms with van der Waals surface area (Å²) in [6.45, 7) is 3.33. The van der Waals surface area contributed by atoms with Crippen LogP contribution in [0, 0.1) is 0 Å². The normalized spacial score (nSPS) is 14.2. The number of hydrogen-bond acceptors (Lipinski definition) is 6. The van der Waals surface area contributed by atoms with Crippen LogP contribution in [0.25, 0.3) is 0 Å². The average molecular weight is 361 g/mol. The van der Waals surface area contributed by atoms with Crippen LogP contribution in [-0.2, 0) is 17.6 Å². The van der Waals surface area contributed by atoms with Gasteiger partial charge in [0.25, 0.3) is 0 Å². The Hall–Kier alpha value is -2.28. The van der Waals surface area contributed by atoms with Gasteiger partial charge >= 0.3 is 0 Å². The van der Waals surface area contributed by atoms with Crippen LogP contribution < -0.4 is 15.2 Å². The summed E-state index contributed by atoms with van der Waals surface area (Å²) < 4.78 is 11.4. The van der Waals surface area contributed by atoms with Gasteiger partial charge in [0.1, 0.15) is 17.6 Å². The Kier molecular flexibility index (Phi) is 5.43. The van der Waals surface area contributed by atoms with Crippen molar-refractivity contribution in [3.8, 4) is 11.5 Å². The molecule has 1 aliphatic heterocycles. The summed E-state index contributed by atoms with van der Waals surface area (Å²) >= 11 is 1.35. The summed E-state index contributed by atoms with van der Waals surface area (Å²) in [7, 11) is 1.67. The SMILES string of the molecule is CCCc1ccc(OC2CN(C(=O)Cc3csc(N)n3)C2)cc1OC. The van der Waals surface area contributed by atoms with E-state index in [0.717, 1.165) is 30.0 Å². The molecule has 7 heteroatoms. The van der Waals surface area contributed by atoms with E-state index in [1.54, 1.807) is 12.0 Å². The molecule has 0 saturated carbocycles. The Morgan fingerprint density at radius 1 is 1.44 bits per heavy atom. The van der Waals surface area contributed by atoms with E-state index in [1.807, 2.05) is 23.6 Å². The summed E-state index contributed by atoms with van der Waals surface area (Å²) in [5.74, 6) is 1.69.